The van der Waals surface area contributed by atoms with Crippen LogP contribution in [0.4, 0.5) is 0 Å². The third kappa shape index (κ3) is 3.19. The van der Waals surface area contributed by atoms with Crippen LogP contribution in [0, 0.1) is 0 Å². The first-order chi connectivity index (χ1) is 10.7. The molecule has 5 heteroatoms. The number of rotatable bonds is 5. The Bertz CT molecular complexity index is 681. The molecule has 0 N–H and O–H groups in total. The topological polar surface area (TPSA) is 24.8 Å². The molecule has 1 aliphatic carbocycles. The molecular formula is C17H19ClN2OS. The monoisotopic (exact) mass is 334 g/mol. The maximum atomic E-state index is 6.37. The van der Waals surface area contributed by atoms with Gasteiger partial charge in [0.25, 0.3) is 0 Å². The summed E-state index contributed by atoms with van der Waals surface area (Å²) < 4.78 is 0. The second kappa shape index (κ2) is 6.82. The third-order valence-electron chi connectivity index (χ3n) is 3.82. The Hall–Kier alpha value is -1.36. The molecule has 2 aromatic rings. The highest BCUT2D eigenvalue weighted by Crippen LogP contribution is 2.43. The normalized spacial score (nSPS) is 18.9. The molecular weight excluding hydrogens is 316 g/mol. The maximum absolute atomic E-state index is 6.37. The molecule has 3 nitrogen and oxygen atoms in total. The molecule has 22 heavy (non-hydrogen) atoms. The standard InChI is InChI=1S/C17H19ClN2OS/c1-20(2)8-9-21-19-16-11-14(13-7-10-22-17(13)16)12-5-3-4-6-15(12)18/h3-7,10,14H,8-9,11H2,1-2H3/b19-16+. The van der Waals surface area contributed by atoms with Gasteiger partial charge in [-0.3, -0.25) is 0 Å². The van der Waals surface area contributed by atoms with Crippen molar-refractivity contribution < 1.29 is 4.84 Å². The van der Waals surface area contributed by atoms with Gasteiger partial charge in [-0.05, 0) is 42.7 Å². The lowest BCUT2D eigenvalue weighted by Gasteiger charge is -2.12. The van der Waals surface area contributed by atoms with Crippen LogP contribution in [-0.4, -0.2) is 37.9 Å². The second-order valence-corrected chi connectivity index (χ2v) is 6.98. The van der Waals surface area contributed by atoms with Crippen molar-refractivity contribution in [3.05, 3.63) is 56.7 Å². The summed E-state index contributed by atoms with van der Waals surface area (Å²) in [5.41, 5.74) is 3.52. The SMILES string of the molecule is CN(C)CCO/N=C1\CC(c2ccccc2Cl)c2ccsc21. The molecule has 1 aliphatic rings. The minimum Gasteiger partial charge on any atom is -0.394 e. The van der Waals surface area contributed by atoms with Crippen molar-refractivity contribution >= 4 is 28.6 Å². The lowest BCUT2D eigenvalue weighted by atomic mass is 9.94. The predicted octanol–water partition coefficient (Wildman–Crippen LogP) is 4.22. The van der Waals surface area contributed by atoms with Crippen LogP contribution in [0.5, 0.6) is 0 Å². The van der Waals surface area contributed by atoms with Gasteiger partial charge in [0.1, 0.15) is 6.61 Å². The first-order valence-corrected chi connectivity index (χ1v) is 8.58. The number of oxime groups is 1. The molecule has 1 aromatic carbocycles. The van der Waals surface area contributed by atoms with Gasteiger partial charge in [-0.1, -0.05) is 35.0 Å². The fourth-order valence-corrected chi connectivity index (χ4v) is 3.91. The van der Waals surface area contributed by atoms with Gasteiger partial charge in [0.05, 0.1) is 10.6 Å². The minimum absolute atomic E-state index is 0.283. The maximum Gasteiger partial charge on any atom is 0.129 e. The molecule has 0 spiro atoms. The zero-order valence-corrected chi connectivity index (χ0v) is 14.3. The Morgan fingerprint density at radius 1 is 1.27 bits per heavy atom. The van der Waals surface area contributed by atoms with E-state index in [0.29, 0.717) is 6.61 Å². The van der Waals surface area contributed by atoms with Crippen LogP contribution in [0.2, 0.25) is 5.02 Å². The van der Waals surface area contributed by atoms with Crippen LogP contribution < -0.4 is 0 Å². The average Bonchev–Trinajstić information content (AvgIpc) is 3.07. The number of hydrogen-bond acceptors (Lipinski definition) is 4. The van der Waals surface area contributed by atoms with Crippen LogP contribution in [0.1, 0.15) is 28.3 Å². The fraction of sp³-hybridized carbons (Fsp3) is 0.353. The Morgan fingerprint density at radius 2 is 2.09 bits per heavy atom. The van der Waals surface area contributed by atoms with Crippen molar-refractivity contribution in [1.82, 2.24) is 4.90 Å². The molecule has 0 fully saturated rings. The zero-order valence-electron chi connectivity index (χ0n) is 12.8. The van der Waals surface area contributed by atoms with Gasteiger partial charge in [-0.15, -0.1) is 11.3 Å². The summed E-state index contributed by atoms with van der Waals surface area (Å²) in [6.45, 7) is 1.47. The number of benzene rings is 1. The lowest BCUT2D eigenvalue weighted by Crippen LogP contribution is -2.17. The van der Waals surface area contributed by atoms with Gasteiger partial charge in [0.2, 0.25) is 0 Å². The highest BCUT2D eigenvalue weighted by Gasteiger charge is 2.31. The van der Waals surface area contributed by atoms with E-state index in [-0.39, 0.29) is 5.92 Å². The van der Waals surface area contributed by atoms with Crippen LogP contribution >= 0.6 is 22.9 Å². The van der Waals surface area contributed by atoms with E-state index in [4.69, 9.17) is 16.4 Å². The van der Waals surface area contributed by atoms with Crippen molar-refractivity contribution in [2.24, 2.45) is 5.16 Å². The fourth-order valence-electron chi connectivity index (χ4n) is 2.68. The quantitative estimate of drug-likeness (QED) is 0.604. The van der Waals surface area contributed by atoms with Crippen molar-refractivity contribution in [1.29, 1.82) is 0 Å². The van der Waals surface area contributed by atoms with E-state index in [1.807, 2.05) is 32.3 Å². The average molecular weight is 335 g/mol. The smallest absolute Gasteiger partial charge is 0.129 e. The van der Waals surface area contributed by atoms with Crippen LogP contribution in [0.25, 0.3) is 0 Å². The molecule has 0 bridgehead atoms. The van der Waals surface area contributed by atoms with Gasteiger partial charge in [0, 0.05) is 23.9 Å². The second-order valence-electron chi connectivity index (χ2n) is 5.66. The number of nitrogens with zero attached hydrogens (tertiary/aromatic N) is 2. The summed E-state index contributed by atoms with van der Waals surface area (Å²) in [7, 11) is 4.05. The van der Waals surface area contributed by atoms with E-state index < -0.39 is 0 Å². The number of halogens is 1. The number of hydrogen-bond donors (Lipinski definition) is 0. The largest absolute Gasteiger partial charge is 0.394 e. The van der Waals surface area contributed by atoms with Crippen LogP contribution in [-0.2, 0) is 4.84 Å². The Kier molecular flexibility index (Phi) is 4.81. The van der Waals surface area contributed by atoms with Gasteiger partial charge in [0.15, 0.2) is 0 Å². The van der Waals surface area contributed by atoms with E-state index in [0.717, 1.165) is 23.7 Å². The first-order valence-electron chi connectivity index (χ1n) is 7.32. The Morgan fingerprint density at radius 3 is 2.86 bits per heavy atom. The van der Waals surface area contributed by atoms with Gasteiger partial charge < -0.3 is 9.74 Å². The van der Waals surface area contributed by atoms with Crippen molar-refractivity contribution in [3.8, 4) is 0 Å². The molecule has 0 radical (unpaired) electrons. The van der Waals surface area contributed by atoms with E-state index >= 15 is 0 Å². The highest BCUT2D eigenvalue weighted by molar-refractivity contribution is 7.12. The number of fused-ring (bicyclic) bond motifs is 1. The predicted molar refractivity (Wildman–Crippen MR) is 93.3 cm³/mol. The van der Waals surface area contributed by atoms with Crippen molar-refractivity contribution in [2.45, 2.75) is 12.3 Å². The van der Waals surface area contributed by atoms with Crippen molar-refractivity contribution in [2.75, 3.05) is 27.2 Å². The number of likely N-dealkylation sites (N-methyl/N-ethyl adjacent to an activating group) is 1. The Balaban J connectivity index is 1.80. The highest BCUT2D eigenvalue weighted by atomic mass is 35.5. The summed E-state index contributed by atoms with van der Waals surface area (Å²) in [5.74, 6) is 0.283. The molecule has 0 aliphatic heterocycles. The summed E-state index contributed by atoms with van der Waals surface area (Å²) >= 11 is 8.10. The molecule has 1 unspecified atom stereocenters. The molecule has 1 atom stereocenters. The lowest BCUT2D eigenvalue weighted by molar-refractivity contribution is 0.126. The van der Waals surface area contributed by atoms with Gasteiger partial charge >= 0.3 is 0 Å². The van der Waals surface area contributed by atoms with Crippen LogP contribution in [0.3, 0.4) is 0 Å². The first kappa shape index (κ1) is 15.5. The number of thiophene rings is 1. The molecule has 0 amide bonds. The summed E-state index contributed by atoms with van der Waals surface area (Å²) in [5, 5.41) is 7.30. The van der Waals surface area contributed by atoms with Crippen molar-refractivity contribution in [3.63, 3.8) is 0 Å². The van der Waals surface area contributed by atoms with E-state index in [9.17, 15) is 0 Å². The summed E-state index contributed by atoms with van der Waals surface area (Å²) in [6.07, 6.45) is 0.855. The minimum atomic E-state index is 0.283. The molecule has 1 heterocycles. The van der Waals surface area contributed by atoms with Gasteiger partial charge in [-0.25, -0.2) is 0 Å². The van der Waals surface area contributed by atoms with Crippen LogP contribution in [0.15, 0.2) is 40.9 Å². The molecule has 0 saturated carbocycles. The van der Waals surface area contributed by atoms with E-state index in [1.54, 1.807) is 11.3 Å². The van der Waals surface area contributed by atoms with Gasteiger partial charge in [-0.2, -0.15) is 0 Å². The summed E-state index contributed by atoms with van der Waals surface area (Å²) in [4.78, 5) is 8.80. The molecule has 1 aromatic heterocycles. The van der Waals surface area contributed by atoms with E-state index in [1.165, 1.54) is 16.0 Å². The summed E-state index contributed by atoms with van der Waals surface area (Å²) in [6, 6.07) is 10.2. The molecule has 0 saturated heterocycles. The third-order valence-corrected chi connectivity index (χ3v) is 5.14. The Labute approximate surface area is 140 Å². The van der Waals surface area contributed by atoms with E-state index in [2.05, 4.69) is 27.6 Å². The molecule has 3 rings (SSSR count). The zero-order chi connectivity index (χ0) is 15.5. The molecule has 116 valence electrons.